The molecule has 24 heavy (non-hydrogen) atoms. The average Bonchev–Trinajstić information content (AvgIpc) is 3.04. The van der Waals surface area contributed by atoms with Crippen molar-refractivity contribution in [2.45, 2.75) is 12.8 Å². The van der Waals surface area contributed by atoms with Crippen LogP contribution >= 0.6 is 11.6 Å². The topological polar surface area (TPSA) is 52.9 Å². The number of halogens is 1. The first-order valence-electron chi connectivity index (χ1n) is 7.79. The molecule has 1 saturated heterocycles. The van der Waals surface area contributed by atoms with Crippen molar-refractivity contribution in [1.82, 2.24) is 9.47 Å². The lowest BCUT2D eigenvalue weighted by Gasteiger charge is -2.27. The number of allylic oxidation sites excluding steroid dienone is 1. The van der Waals surface area contributed by atoms with E-state index in [1.807, 2.05) is 34.8 Å². The molecule has 3 rings (SSSR count). The van der Waals surface area contributed by atoms with Gasteiger partial charge >= 0.3 is 6.03 Å². The van der Waals surface area contributed by atoms with Gasteiger partial charge in [0.1, 0.15) is 12.4 Å². The van der Waals surface area contributed by atoms with E-state index in [2.05, 4.69) is 6.07 Å². The van der Waals surface area contributed by atoms with E-state index in [1.54, 1.807) is 29.2 Å². The van der Waals surface area contributed by atoms with Gasteiger partial charge in [0.2, 0.25) is 0 Å². The van der Waals surface area contributed by atoms with E-state index in [0.717, 1.165) is 11.1 Å². The fraction of sp³-hybridized carbons (Fsp3) is 0.278. The van der Waals surface area contributed by atoms with Crippen molar-refractivity contribution in [3.8, 4) is 6.07 Å². The maximum atomic E-state index is 12.4. The summed E-state index contributed by atoms with van der Waals surface area (Å²) in [4.78, 5) is 14.3. The third kappa shape index (κ3) is 3.34. The number of amides is 1. The Kier molecular flexibility index (Phi) is 4.68. The smallest absolute Gasteiger partial charge is 0.304 e. The van der Waals surface area contributed by atoms with E-state index < -0.39 is 0 Å². The van der Waals surface area contributed by atoms with Crippen molar-refractivity contribution in [3.05, 3.63) is 59.1 Å². The van der Waals surface area contributed by atoms with Gasteiger partial charge in [-0.1, -0.05) is 23.7 Å². The van der Waals surface area contributed by atoms with Gasteiger partial charge in [-0.05, 0) is 36.1 Å². The van der Waals surface area contributed by atoms with Crippen molar-refractivity contribution in [2.75, 3.05) is 13.1 Å². The lowest BCUT2D eigenvalue weighted by molar-refractivity contribution is -0.670. The molecule has 1 aliphatic rings. The molecule has 122 valence electrons. The molecule has 0 N–H and O–H groups in total. The first kappa shape index (κ1) is 16.3. The summed E-state index contributed by atoms with van der Waals surface area (Å²) in [6.07, 6.45) is 6.76. The summed E-state index contributed by atoms with van der Waals surface area (Å²) in [6, 6.07) is 9.60. The third-order valence-corrected chi connectivity index (χ3v) is 4.48. The molecular formula is C18H18ClN4O+. The Bertz CT molecular complexity index is 819. The van der Waals surface area contributed by atoms with Crippen LogP contribution in [0.25, 0.3) is 5.57 Å². The summed E-state index contributed by atoms with van der Waals surface area (Å²) in [5.74, 6) is 0. The molecule has 1 aliphatic heterocycles. The first-order valence-corrected chi connectivity index (χ1v) is 8.17. The van der Waals surface area contributed by atoms with E-state index in [1.165, 1.54) is 0 Å². The standard InChI is InChI=1S/C18H18ClN4O/c1-21-10-11-23(13-21)18(24)22-8-6-15(7-9-22)17(12-20)14-2-4-16(19)5-3-14/h2-5,10-11,13H,6-9H2,1H3/q+1. The molecule has 1 amide bonds. The number of likely N-dealkylation sites (tertiary alicyclic amines) is 1. The van der Waals surface area contributed by atoms with Crippen molar-refractivity contribution in [3.63, 3.8) is 0 Å². The fourth-order valence-electron chi connectivity index (χ4n) is 2.91. The van der Waals surface area contributed by atoms with Crippen LogP contribution in [-0.4, -0.2) is 28.6 Å². The minimum absolute atomic E-state index is 0.0281. The van der Waals surface area contributed by atoms with Gasteiger partial charge in [-0.15, -0.1) is 0 Å². The number of hydrogen-bond donors (Lipinski definition) is 0. The predicted octanol–water partition coefficient (Wildman–Crippen LogP) is 3.01. The summed E-state index contributed by atoms with van der Waals surface area (Å²) < 4.78 is 3.42. The van der Waals surface area contributed by atoms with Crippen LogP contribution in [0.3, 0.4) is 0 Å². The van der Waals surface area contributed by atoms with E-state index in [0.29, 0.717) is 36.5 Å². The van der Waals surface area contributed by atoms with Crippen LogP contribution in [0.2, 0.25) is 5.02 Å². The zero-order valence-electron chi connectivity index (χ0n) is 13.4. The largest absolute Gasteiger partial charge is 0.415 e. The van der Waals surface area contributed by atoms with Crippen LogP contribution in [0.5, 0.6) is 0 Å². The SMILES string of the molecule is C[n+]1ccn(C(=O)N2CCC(=C(C#N)c3ccc(Cl)cc3)CC2)c1. The minimum atomic E-state index is -0.0281. The van der Waals surface area contributed by atoms with Gasteiger partial charge in [0.15, 0.2) is 0 Å². The quantitative estimate of drug-likeness (QED) is 0.591. The molecular weight excluding hydrogens is 324 g/mol. The van der Waals surface area contributed by atoms with Crippen LogP contribution in [0.4, 0.5) is 4.79 Å². The number of rotatable bonds is 1. The second kappa shape index (κ2) is 6.90. The summed E-state index contributed by atoms with van der Waals surface area (Å²) >= 11 is 5.91. The van der Waals surface area contributed by atoms with Gasteiger partial charge in [0.25, 0.3) is 6.33 Å². The molecule has 0 radical (unpaired) electrons. The van der Waals surface area contributed by atoms with Gasteiger partial charge in [0, 0.05) is 18.1 Å². The molecule has 6 heteroatoms. The van der Waals surface area contributed by atoms with E-state index in [4.69, 9.17) is 11.6 Å². The van der Waals surface area contributed by atoms with E-state index in [9.17, 15) is 10.1 Å². The highest BCUT2D eigenvalue weighted by atomic mass is 35.5. The highest BCUT2D eigenvalue weighted by Gasteiger charge is 2.25. The Morgan fingerprint density at radius 2 is 1.92 bits per heavy atom. The van der Waals surface area contributed by atoms with E-state index >= 15 is 0 Å². The minimum Gasteiger partial charge on any atom is -0.304 e. The molecule has 2 aromatic rings. The van der Waals surface area contributed by atoms with Crippen LogP contribution in [0.15, 0.2) is 48.6 Å². The maximum Gasteiger partial charge on any atom is 0.415 e. The van der Waals surface area contributed by atoms with Crippen LogP contribution in [0, 0.1) is 11.3 Å². The van der Waals surface area contributed by atoms with Crippen molar-refractivity contribution in [2.24, 2.45) is 7.05 Å². The molecule has 0 aliphatic carbocycles. The van der Waals surface area contributed by atoms with E-state index in [-0.39, 0.29) is 6.03 Å². The van der Waals surface area contributed by atoms with Crippen molar-refractivity contribution >= 4 is 23.2 Å². The van der Waals surface area contributed by atoms with Crippen molar-refractivity contribution < 1.29 is 9.36 Å². The Labute approximate surface area is 146 Å². The second-order valence-electron chi connectivity index (χ2n) is 5.85. The number of carbonyl (C=O) groups is 1. The summed E-state index contributed by atoms with van der Waals surface area (Å²) in [5.41, 5.74) is 2.68. The Hall–Kier alpha value is -2.58. The monoisotopic (exact) mass is 341 g/mol. The second-order valence-corrected chi connectivity index (χ2v) is 6.29. The lowest BCUT2D eigenvalue weighted by atomic mass is 9.94. The molecule has 0 unspecified atom stereocenters. The fourth-order valence-corrected chi connectivity index (χ4v) is 3.03. The van der Waals surface area contributed by atoms with Gasteiger partial charge in [-0.2, -0.15) is 9.83 Å². The van der Waals surface area contributed by atoms with Crippen molar-refractivity contribution in [1.29, 1.82) is 5.26 Å². The average molecular weight is 342 g/mol. The number of nitriles is 1. The molecule has 0 bridgehead atoms. The number of imidazole rings is 1. The Morgan fingerprint density at radius 1 is 1.25 bits per heavy atom. The molecule has 1 aromatic carbocycles. The highest BCUT2D eigenvalue weighted by molar-refractivity contribution is 6.30. The molecule has 2 heterocycles. The van der Waals surface area contributed by atoms with Crippen LogP contribution in [-0.2, 0) is 7.05 Å². The molecule has 5 nitrogen and oxygen atoms in total. The maximum absolute atomic E-state index is 12.4. The van der Waals surface area contributed by atoms with Crippen LogP contribution < -0.4 is 4.57 Å². The zero-order chi connectivity index (χ0) is 17.1. The molecule has 0 spiro atoms. The Balaban J connectivity index is 1.74. The lowest BCUT2D eigenvalue weighted by Crippen LogP contribution is -2.39. The van der Waals surface area contributed by atoms with Gasteiger partial charge < -0.3 is 4.90 Å². The van der Waals surface area contributed by atoms with Gasteiger partial charge in [-0.25, -0.2) is 9.36 Å². The molecule has 0 saturated carbocycles. The first-order chi connectivity index (χ1) is 11.6. The zero-order valence-corrected chi connectivity index (χ0v) is 14.2. The number of benzene rings is 1. The number of aryl methyl sites for hydroxylation is 1. The number of carbonyl (C=O) groups excluding carboxylic acids is 1. The number of nitrogens with zero attached hydrogens (tertiary/aromatic N) is 4. The molecule has 0 atom stereocenters. The summed E-state index contributed by atoms with van der Waals surface area (Å²) in [5, 5.41) is 10.2. The number of hydrogen-bond acceptors (Lipinski definition) is 2. The third-order valence-electron chi connectivity index (χ3n) is 4.23. The number of aromatic nitrogens is 2. The molecule has 1 fully saturated rings. The highest BCUT2D eigenvalue weighted by Crippen LogP contribution is 2.27. The van der Waals surface area contributed by atoms with Crippen LogP contribution in [0.1, 0.15) is 18.4 Å². The number of piperidine rings is 1. The Morgan fingerprint density at radius 3 is 2.46 bits per heavy atom. The van der Waals surface area contributed by atoms with Gasteiger partial charge in [-0.3, -0.25) is 0 Å². The molecule has 1 aromatic heterocycles. The summed E-state index contributed by atoms with van der Waals surface area (Å²) in [6.45, 7) is 1.24. The normalized spacial score (nSPS) is 14.4. The summed E-state index contributed by atoms with van der Waals surface area (Å²) in [7, 11) is 1.88. The van der Waals surface area contributed by atoms with Gasteiger partial charge in [0.05, 0.1) is 18.7 Å². The predicted molar refractivity (Wildman–Crippen MR) is 91.2 cm³/mol.